The Bertz CT molecular complexity index is 728. The molecule has 2 heterocycles. The molecule has 0 aromatic carbocycles. The number of rotatable bonds is 6. The molecule has 0 spiro atoms. The highest BCUT2D eigenvalue weighted by Gasteiger charge is 2.31. The summed E-state index contributed by atoms with van der Waals surface area (Å²) in [6.07, 6.45) is 1.57. The van der Waals surface area contributed by atoms with Gasteiger partial charge in [-0.15, -0.1) is 11.3 Å². The van der Waals surface area contributed by atoms with Crippen LogP contribution in [-0.2, 0) is 16.6 Å². The summed E-state index contributed by atoms with van der Waals surface area (Å²) in [5, 5.41) is 9.01. The molecule has 112 valence electrons. The van der Waals surface area contributed by atoms with Crippen molar-refractivity contribution >= 4 is 27.3 Å². The maximum absolute atomic E-state index is 12.6. The summed E-state index contributed by atoms with van der Waals surface area (Å²) in [7, 11) is -3.91. The Morgan fingerprint density at radius 3 is 2.71 bits per heavy atom. The number of pyridine rings is 1. The van der Waals surface area contributed by atoms with Gasteiger partial charge >= 0.3 is 5.97 Å². The highest BCUT2D eigenvalue weighted by Crippen LogP contribution is 2.25. The first kappa shape index (κ1) is 15.5. The summed E-state index contributed by atoms with van der Waals surface area (Å²) in [6.45, 7) is 1.97. The Morgan fingerprint density at radius 2 is 2.14 bits per heavy atom. The third-order valence-corrected chi connectivity index (χ3v) is 6.00. The van der Waals surface area contributed by atoms with E-state index in [0.29, 0.717) is 5.69 Å². The number of nitrogens with zero attached hydrogens (tertiary/aromatic N) is 3. The lowest BCUT2D eigenvalue weighted by Crippen LogP contribution is -2.31. The number of aromatic nitrogens is 2. The van der Waals surface area contributed by atoms with E-state index in [4.69, 9.17) is 5.11 Å². The summed E-state index contributed by atoms with van der Waals surface area (Å²) < 4.78 is 26.0. The van der Waals surface area contributed by atoms with E-state index >= 15 is 0 Å². The Hall–Kier alpha value is -1.84. The molecule has 2 aromatic heterocycles. The average Bonchev–Trinajstić information content (AvgIpc) is 2.96. The zero-order valence-corrected chi connectivity index (χ0v) is 12.8. The molecule has 2 rings (SSSR count). The molecule has 0 aliphatic heterocycles. The van der Waals surface area contributed by atoms with Crippen molar-refractivity contribution in [2.75, 3.05) is 6.54 Å². The Morgan fingerprint density at radius 1 is 1.38 bits per heavy atom. The first-order chi connectivity index (χ1) is 9.96. The predicted octanol–water partition coefficient (Wildman–Crippen LogP) is 1.45. The van der Waals surface area contributed by atoms with Crippen LogP contribution >= 0.6 is 11.3 Å². The number of hydrogen-bond acceptors (Lipinski definition) is 6. The topological polar surface area (TPSA) is 100 Å². The van der Waals surface area contributed by atoms with Crippen LogP contribution in [0.4, 0.5) is 0 Å². The molecule has 0 bridgehead atoms. The second-order valence-corrected chi connectivity index (χ2v) is 7.03. The molecule has 0 saturated carbocycles. The molecule has 0 unspecified atom stereocenters. The lowest BCUT2D eigenvalue weighted by atomic mass is 10.3. The minimum Gasteiger partial charge on any atom is -0.476 e. The standard InChI is InChI=1S/C12H13N3O4S2/c1-2-15(7-9-5-3-4-6-13-9)21(18,19)12-10(11(16)17)14-8-20-12/h3-6,8H,2,7H2,1H3,(H,16,17). The molecule has 0 atom stereocenters. The maximum Gasteiger partial charge on any atom is 0.356 e. The molecule has 0 aliphatic rings. The number of aromatic carboxylic acids is 1. The third kappa shape index (κ3) is 3.26. The Labute approximate surface area is 126 Å². The van der Waals surface area contributed by atoms with Gasteiger partial charge in [-0.1, -0.05) is 13.0 Å². The monoisotopic (exact) mass is 327 g/mol. The zero-order chi connectivity index (χ0) is 15.5. The van der Waals surface area contributed by atoms with Gasteiger partial charge in [-0.05, 0) is 12.1 Å². The van der Waals surface area contributed by atoms with E-state index in [9.17, 15) is 13.2 Å². The molecule has 1 N–H and O–H groups in total. The number of thiazole rings is 1. The van der Waals surface area contributed by atoms with Crippen molar-refractivity contribution in [1.82, 2.24) is 14.3 Å². The van der Waals surface area contributed by atoms with E-state index in [0.717, 1.165) is 11.3 Å². The molecule has 0 aliphatic carbocycles. The fourth-order valence-corrected chi connectivity index (χ4v) is 4.42. The summed E-state index contributed by atoms with van der Waals surface area (Å²) in [5.74, 6) is -1.36. The van der Waals surface area contributed by atoms with Gasteiger partial charge in [-0.2, -0.15) is 4.31 Å². The molecule has 0 saturated heterocycles. The molecule has 0 radical (unpaired) electrons. The Kier molecular flexibility index (Phi) is 4.66. The maximum atomic E-state index is 12.6. The third-order valence-electron chi connectivity index (χ3n) is 2.73. The lowest BCUT2D eigenvalue weighted by Gasteiger charge is -2.19. The minimum atomic E-state index is -3.91. The van der Waals surface area contributed by atoms with Crippen molar-refractivity contribution in [1.29, 1.82) is 0 Å². The smallest absolute Gasteiger partial charge is 0.356 e. The normalized spacial score (nSPS) is 11.7. The van der Waals surface area contributed by atoms with Crippen molar-refractivity contribution in [3.63, 3.8) is 0 Å². The van der Waals surface area contributed by atoms with E-state index in [1.807, 2.05) is 0 Å². The van der Waals surface area contributed by atoms with Crippen molar-refractivity contribution < 1.29 is 18.3 Å². The van der Waals surface area contributed by atoms with Crippen LogP contribution in [0.15, 0.2) is 34.1 Å². The number of carbonyl (C=O) groups is 1. The highest BCUT2D eigenvalue weighted by atomic mass is 32.2. The van der Waals surface area contributed by atoms with Crippen LogP contribution < -0.4 is 0 Å². The van der Waals surface area contributed by atoms with E-state index in [1.165, 1.54) is 9.82 Å². The first-order valence-corrected chi connectivity index (χ1v) is 8.35. The summed E-state index contributed by atoms with van der Waals surface area (Å²) >= 11 is 0.797. The van der Waals surface area contributed by atoms with Gasteiger partial charge in [0.15, 0.2) is 9.90 Å². The molecule has 2 aromatic rings. The predicted molar refractivity (Wildman–Crippen MR) is 76.6 cm³/mol. The second-order valence-electron chi connectivity index (χ2n) is 4.05. The Balaban J connectivity index is 2.36. The van der Waals surface area contributed by atoms with E-state index in [1.54, 1.807) is 31.3 Å². The van der Waals surface area contributed by atoms with Gasteiger partial charge in [0.2, 0.25) is 0 Å². The molecule has 0 amide bonds. The van der Waals surface area contributed by atoms with Crippen LogP contribution in [0, 0.1) is 0 Å². The SMILES string of the molecule is CCN(Cc1ccccn1)S(=O)(=O)c1scnc1C(=O)O. The van der Waals surface area contributed by atoms with Crippen LogP contribution in [0.3, 0.4) is 0 Å². The van der Waals surface area contributed by atoms with Crippen LogP contribution in [0.25, 0.3) is 0 Å². The van der Waals surface area contributed by atoms with Crippen molar-refractivity contribution in [3.05, 3.63) is 41.3 Å². The molecule has 0 fully saturated rings. The first-order valence-electron chi connectivity index (χ1n) is 6.03. The van der Waals surface area contributed by atoms with E-state index in [2.05, 4.69) is 9.97 Å². The average molecular weight is 327 g/mol. The van der Waals surface area contributed by atoms with Gasteiger partial charge in [0.05, 0.1) is 17.7 Å². The fraction of sp³-hybridized carbons (Fsp3) is 0.250. The van der Waals surface area contributed by atoms with Gasteiger partial charge in [-0.25, -0.2) is 18.2 Å². The van der Waals surface area contributed by atoms with Crippen LogP contribution in [-0.4, -0.2) is 40.3 Å². The van der Waals surface area contributed by atoms with Crippen LogP contribution in [0.2, 0.25) is 0 Å². The number of hydrogen-bond donors (Lipinski definition) is 1. The van der Waals surface area contributed by atoms with Crippen molar-refractivity contribution in [2.45, 2.75) is 17.7 Å². The highest BCUT2D eigenvalue weighted by molar-refractivity contribution is 7.91. The van der Waals surface area contributed by atoms with E-state index in [-0.39, 0.29) is 17.3 Å². The molecule has 9 heteroatoms. The van der Waals surface area contributed by atoms with Gasteiger partial charge in [-0.3, -0.25) is 4.98 Å². The number of sulfonamides is 1. The zero-order valence-electron chi connectivity index (χ0n) is 11.1. The molecular weight excluding hydrogens is 314 g/mol. The quantitative estimate of drug-likeness (QED) is 0.862. The lowest BCUT2D eigenvalue weighted by molar-refractivity contribution is 0.0687. The summed E-state index contributed by atoms with van der Waals surface area (Å²) in [5.41, 5.74) is 1.36. The fourth-order valence-electron chi connectivity index (χ4n) is 1.72. The van der Waals surface area contributed by atoms with Gasteiger partial charge < -0.3 is 5.11 Å². The van der Waals surface area contributed by atoms with Gasteiger partial charge in [0.1, 0.15) is 0 Å². The van der Waals surface area contributed by atoms with Crippen LogP contribution in [0.5, 0.6) is 0 Å². The molecule has 21 heavy (non-hydrogen) atoms. The molecular formula is C12H13N3O4S2. The minimum absolute atomic E-state index is 0.0800. The summed E-state index contributed by atoms with van der Waals surface area (Å²) in [4.78, 5) is 18.7. The molecule has 7 nitrogen and oxygen atoms in total. The van der Waals surface area contributed by atoms with Crippen LogP contribution in [0.1, 0.15) is 23.1 Å². The second kappa shape index (κ2) is 6.29. The van der Waals surface area contributed by atoms with Gasteiger partial charge in [0.25, 0.3) is 10.0 Å². The van der Waals surface area contributed by atoms with E-state index < -0.39 is 21.7 Å². The largest absolute Gasteiger partial charge is 0.476 e. The summed E-state index contributed by atoms with van der Waals surface area (Å²) in [6, 6.07) is 5.21. The van der Waals surface area contributed by atoms with Crippen molar-refractivity contribution in [2.24, 2.45) is 0 Å². The van der Waals surface area contributed by atoms with Gasteiger partial charge in [0, 0.05) is 12.7 Å². The number of carboxylic acids is 1. The number of carboxylic acid groups (broad SMARTS) is 1. The van der Waals surface area contributed by atoms with Crippen molar-refractivity contribution in [3.8, 4) is 0 Å².